The van der Waals surface area contributed by atoms with Crippen molar-refractivity contribution in [1.82, 2.24) is 25.5 Å². The number of nitrogens with zero attached hydrogens (tertiary/aromatic N) is 3. The zero-order valence-electron chi connectivity index (χ0n) is 22.1. The van der Waals surface area contributed by atoms with E-state index < -0.39 is 0 Å². The van der Waals surface area contributed by atoms with Crippen molar-refractivity contribution in [3.05, 3.63) is 76.1 Å². The van der Waals surface area contributed by atoms with Gasteiger partial charge in [-0.3, -0.25) is 4.90 Å². The summed E-state index contributed by atoms with van der Waals surface area (Å²) < 4.78 is 25.3. The number of halogens is 2. The number of thiophene rings is 1. The number of carbonyl (C=O) groups is 1. The fourth-order valence-corrected chi connectivity index (χ4v) is 5.26. The summed E-state index contributed by atoms with van der Waals surface area (Å²) in [6.07, 6.45) is 1.48. The zero-order chi connectivity index (χ0) is 28.4. The number of rotatable bonds is 9. The normalized spacial score (nSPS) is 13.3. The van der Waals surface area contributed by atoms with Crippen molar-refractivity contribution in [2.45, 2.75) is 6.61 Å². The summed E-state index contributed by atoms with van der Waals surface area (Å²) >= 11 is 7.90. The number of fused-ring (bicyclic) bond motifs is 1. The molecule has 9 nitrogen and oxygen atoms in total. The van der Waals surface area contributed by atoms with Gasteiger partial charge in [0.2, 0.25) is 0 Å². The van der Waals surface area contributed by atoms with Gasteiger partial charge in [-0.15, -0.1) is 11.3 Å². The molecule has 0 radical (unpaired) electrons. The summed E-state index contributed by atoms with van der Waals surface area (Å²) in [5.74, 6) is 6.86. The Kier molecular flexibility index (Phi) is 9.82. The first-order chi connectivity index (χ1) is 20.0. The van der Waals surface area contributed by atoms with Crippen molar-refractivity contribution < 1.29 is 18.7 Å². The minimum atomic E-state index is -0.314. The second-order valence-electron chi connectivity index (χ2n) is 9.10. The van der Waals surface area contributed by atoms with E-state index in [1.54, 1.807) is 24.3 Å². The SMILES string of the molecule is O=C(NCC#Cc1cc2ncnc(Nc3ccc(OCc4cccc(F)c4)c(Cl)c3)c2s1)NCCN1CCOCC1. The highest BCUT2D eigenvalue weighted by molar-refractivity contribution is 7.20. The second kappa shape index (κ2) is 14.1. The van der Waals surface area contributed by atoms with E-state index in [1.807, 2.05) is 12.1 Å². The lowest BCUT2D eigenvalue weighted by molar-refractivity contribution is 0.0387. The molecule has 4 aromatic rings. The summed E-state index contributed by atoms with van der Waals surface area (Å²) in [7, 11) is 0. The summed E-state index contributed by atoms with van der Waals surface area (Å²) in [5, 5.41) is 9.30. The van der Waals surface area contributed by atoms with Crippen molar-refractivity contribution in [2.75, 3.05) is 51.3 Å². The van der Waals surface area contributed by atoms with Crippen molar-refractivity contribution in [1.29, 1.82) is 0 Å². The predicted molar refractivity (Wildman–Crippen MR) is 158 cm³/mol. The van der Waals surface area contributed by atoms with Crippen LogP contribution in [0.15, 0.2) is 54.9 Å². The van der Waals surface area contributed by atoms with Crippen LogP contribution < -0.4 is 20.7 Å². The molecule has 212 valence electrons. The Morgan fingerprint density at radius 1 is 1.15 bits per heavy atom. The van der Waals surface area contributed by atoms with Crippen LogP contribution in [0.2, 0.25) is 5.02 Å². The molecule has 2 amide bonds. The van der Waals surface area contributed by atoms with E-state index in [9.17, 15) is 9.18 Å². The average Bonchev–Trinajstić information content (AvgIpc) is 3.40. The van der Waals surface area contributed by atoms with Crippen molar-refractivity contribution >= 4 is 50.7 Å². The predicted octanol–water partition coefficient (Wildman–Crippen LogP) is 4.79. The number of amides is 2. The molecule has 3 heterocycles. The van der Waals surface area contributed by atoms with E-state index in [0.717, 1.165) is 53.6 Å². The Balaban J connectivity index is 1.14. The molecular formula is C29H28ClFN6O3S. The molecule has 2 aromatic carbocycles. The highest BCUT2D eigenvalue weighted by atomic mass is 35.5. The van der Waals surface area contributed by atoms with Gasteiger partial charge in [0.25, 0.3) is 0 Å². The molecule has 1 saturated heterocycles. The van der Waals surface area contributed by atoms with Crippen LogP contribution in [0, 0.1) is 17.7 Å². The standard InChI is InChI=1S/C29H28ClFN6O3S/c30-24-16-22(6-7-26(24)40-18-20-3-1-4-21(31)15-20)36-28-27-25(34-19-35-28)17-23(41-27)5-2-8-32-29(38)33-9-10-37-11-13-39-14-12-37/h1,3-4,6-7,15-17,19H,8-14,18H2,(H2,32,33,38)(H,34,35,36). The van der Waals surface area contributed by atoms with Crippen LogP contribution in [0.1, 0.15) is 10.4 Å². The molecule has 0 aliphatic carbocycles. The number of urea groups is 1. The van der Waals surface area contributed by atoms with Gasteiger partial charge >= 0.3 is 6.03 Å². The van der Waals surface area contributed by atoms with E-state index >= 15 is 0 Å². The fourth-order valence-electron chi connectivity index (χ4n) is 4.10. The third kappa shape index (κ3) is 8.28. The summed E-state index contributed by atoms with van der Waals surface area (Å²) in [6, 6.07) is 13.2. The first-order valence-electron chi connectivity index (χ1n) is 13.0. The molecule has 0 atom stereocenters. The van der Waals surface area contributed by atoms with Gasteiger partial charge in [0, 0.05) is 31.9 Å². The van der Waals surface area contributed by atoms with Gasteiger partial charge in [-0.1, -0.05) is 35.6 Å². The zero-order valence-corrected chi connectivity index (χ0v) is 23.7. The lowest BCUT2D eigenvalue weighted by atomic mass is 10.2. The minimum Gasteiger partial charge on any atom is -0.487 e. The van der Waals surface area contributed by atoms with Crippen molar-refractivity contribution in [3.8, 4) is 17.6 Å². The molecule has 5 rings (SSSR count). The molecule has 2 aromatic heterocycles. The number of ether oxygens (including phenoxy) is 2. The molecular weight excluding hydrogens is 567 g/mol. The van der Waals surface area contributed by atoms with Crippen molar-refractivity contribution in [2.24, 2.45) is 0 Å². The quantitative estimate of drug-likeness (QED) is 0.240. The van der Waals surface area contributed by atoms with Gasteiger partial charge in [-0.2, -0.15) is 0 Å². The van der Waals surface area contributed by atoms with Crippen LogP contribution in [0.5, 0.6) is 5.75 Å². The van der Waals surface area contributed by atoms with E-state index in [0.29, 0.717) is 28.7 Å². The molecule has 0 bridgehead atoms. The fraction of sp³-hybridized carbons (Fsp3) is 0.276. The smallest absolute Gasteiger partial charge is 0.315 e. The van der Waals surface area contributed by atoms with Crippen LogP contribution in [0.4, 0.5) is 20.7 Å². The third-order valence-electron chi connectivity index (χ3n) is 6.16. The van der Waals surface area contributed by atoms with Crippen LogP contribution in [0.25, 0.3) is 10.2 Å². The Bertz CT molecular complexity index is 1570. The average molecular weight is 595 g/mol. The second-order valence-corrected chi connectivity index (χ2v) is 10.6. The number of benzene rings is 2. The van der Waals surface area contributed by atoms with Gasteiger partial charge in [0.05, 0.1) is 39.9 Å². The molecule has 41 heavy (non-hydrogen) atoms. The molecule has 0 spiro atoms. The van der Waals surface area contributed by atoms with E-state index in [2.05, 4.69) is 42.7 Å². The molecule has 12 heteroatoms. The Labute approximate surface area is 246 Å². The third-order valence-corrected chi connectivity index (χ3v) is 7.50. The Morgan fingerprint density at radius 2 is 2.02 bits per heavy atom. The van der Waals surface area contributed by atoms with Crippen LogP contribution in [0.3, 0.4) is 0 Å². The van der Waals surface area contributed by atoms with Gasteiger partial charge in [0.15, 0.2) is 5.82 Å². The van der Waals surface area contributed by atoms with Gasteiger partial charge < -0.3 is 25.4 Å². The number of morpholine rings is 1. The summed E-state index contributed by atoms with van der Waals surface area (Å²) in [4.78, 5) is 23.8. The maximum Gasteiger partial charge on any atom is 0.315 e. The molecule has 1 fully saturated rings. The number of hydrogen-bond acceptors (Lipinski definition) is 8. The van der Waals surface area contributed by atoms with Crippen LogP contribution in [-0.4, -0.2) is 66.8 Å². The molecule has 0 saturated carbocycles. The maximum absolute atomic E-state index is 13.4. The number of hydrogen-bond donors (Lipinski definition) is 3. The number of aromatic nitrogens is 2. The lowest BCUT2D eigenvalue weighted by Crippen LogP contribution is -2.43. The minimum absolute atomic E-state index is 0.199. The number of carbonyl (C=O) groups excluding carboxylic acids is 1. The monoisotopic (exact) mass is 594 g/mol. The maximum atomic E-state index is 13.4. The van der Waals surface area contributed by atoms with Crippen molar-refractivity contribution in [3.63, 3.8) is 0 Å². The first kappa shape index (κ1) is 28.6. The van der Waals surface area contributed by atoms with E-state index in [-0.39, 0.29) is 25.0 Å². The highest BCUT2D eigenvalue weighted by Gasteiger charge is 2.11. The highest BCUT2D eigenvalue weighted by Crippen LogP contribution is 2.33. The van der Waals surface area contributed by atoms with E-state index in [4.69, 9.17) is 21.1 Å². The van der Waals surface area contributed by atoms with Gasteiger partial charge in [0.1, 0.15) is 24.5 Å². The van der Waals surface area contributed by atoms with Gasteiger partial charge in [-0.05, 0) is 42.0 Å². The Hall–Kier alpha value is -3.95. The molecule has 1 aliphatic rings. The number of nitrogens with one attached hydrogen (secondary N) is 3. The molecule has 3 N–H and O–H groups in total. The largest absolute Gasteiger partial charge is 0.487 e. The number of anilines is 2. The van der Waals surface area contributed by atoms with Crippen LogP contribution >= 0.6 is 22.9 Å². The first-order valence-corrected chi connectivity index (χ1v) is 14.2. The summed E-state index contributed by atoms with van der Waals surface area (Å²) in [6.45, 7) is 5.03. The van der Waals surface area contributed by atoms with Gasteiger partial charge in [-0.25, -0.2) is 19.2 Å². The lowest BCUT2D eigenvalue weighted by Gasteiger charge is -2.26. The Morgan fingerprint density at radius 3 is 2.85 bits per heavy atom. The molecule has 1 aliphatic heterocycles. The van der Waals surface area contributed by atoms with E-state index in [1.165, 1.54) is 29.8 Å². The van der Waals surface area contributed by atoms with Crippen LogP contribution in [-0.2, 0) is 11.3 Å². The summed E-state index contributed by atoms with van der Waals surface area (Å²) in [5.41, 5.74) is 2.19. The molecule has 0 unspecified atom stereocenters. The topological polar surface area (TPSA) is 101 Å².